The first kappa shape index (κ1) is 22.0. The first-order chi connectivity index (χ1) is 14.5. The van der Waals surface area contributed by atoms with Gasteiger partial charge in [0.05, 0.1) is 11.1 Å². The number of hydrogen-bond donors (Lipinski definition) is 2. The summed E-state index contributed by atoms with van der Waals surface area (Å²) in [5, 5.41) is 18.0. The van der Waals surface area contributed by atoms with Gasteiger partial charge in [-0.1, -0.05) is 24.3 Å². The summed E-state index contributed by atoms with van der Waals surface area (Å²) >= 11 is 0. The molecule has 0 aliphatic heterocycles. The van der Waals surface area contributed by atoms with Crippen molar-refractivity contribution in [2.45, 2.75) is 0 Å². The number of rotatable bonds is 5. The standard InChI is InChI=1S/C24H16N2O4.Ir/c27-23(28)17-5-1-15(2-6-17)19-9-11-21(25-13-19)22-12-10-20(14-26-22)16-3-7-18(8-4-16)24(29)30;/h1-14H,(H,27,28)(H,29,30);/q;+3/p+2. The molecular weight excluding hydrogens is 572 g/mol. The van der Waals surface area contributed by atoms with Crippen molar-refractivity contribution in [1.29, 1.82) is 0 Å². The van der Waals surface area contributed by atoms with Crippen LogP contribution < -0.4 is 9.97 Å². The van der Waals surface area contributed by atoms with Gasteiger partial charge >= 0.3 is 32.0 Å². The van der Waals surface area contributed by atoms with Crippen LogP contribution in [0.4, 0.5) is 0 Å². The van der Waals surface area contributed by atoms with Crippen molar-refractivity contribution in [2.75, 3.05) is 0 Å². The molecule has 0 bridgehead atoms. The van der Waals surface area contributed by atoms with E-state index < -0.39 is 11.9 Å². The second-order valence-electron chi connectivity index (χ2n) is 6.75. The number of aromatic carboxylic acids is 2. The zero-order chi connectivity index (χ0) is 21.1. The molecule has 0 unspecified atom stereocenters. The molecule has 0 saturated heterocycles. The zero-order valence-corrected chi connectivity index (χ0v) is 18.5. The summed E-state index contributed by atoms with van der Waals surface area (Å²) in [7, 11) is 0. The average Bonchev–Trinajstić information content (AvgIpc) is 2.79. The Kier molecular flexibility index (Phi) is 6.70. The number of H-pyrrole nitrogens is 2. The predicted octanol–water partition coefficient (Wildman–Crippen LogP) is 3.71. The summed E-state index contributed by atoms with van der Waals surface area (Å²) in [5.74, 6) is -1.89. The maximum absolute atomic E-state index is 11.0. The predicted molar refractivity (Wildman–Crippen MR) is 110 cm³/mol. The minimum atomic E-state index is -0.944. The second-order valence-corrected chi connectivity index (χ2v) is 6.75. The van der Waals surface area contributed by atoms with Crippen molar-refractivity contribution in [3.63, 3.8) is 0 Å². The molecule has 0 radical (unpaired) electrons. The summed E-state index contributed by atoms with van der Waals surface area (Å²) in [4.78, 5) is 28.5. The van der Waals surface area contributed by atoms with Crippen LogP contribution in [0.2, 0.25) is 0 Å². The number of carbonyl (C=O) groups is 2. The second kappa shape index (κ2) is 9.43. The Labute approximate surface area is 191 Å². The third kappa shape index (κ3) is 4.91. The topological polar surface area (TPSA) is 103 Å². The van der Waals surface area contributed by atoms with E-state index in [1.807, 2.05) is 36.7 Å². The normalized spacial score (nSPS) is 10.2. The molecule has 4 N–H and O–H groups in total. The maximum atomic E-state index is 11.0. The van der Waals surface area contributed by atoms with Gasteiger partial charge in [0.15, 0.2) is 12.4 Å². The Morgan fingerprint density at radius 1 is 0.516 bits per heavy atom. The van der Waals surface area contributed by atoms with E-state index in [1.165, 1.54) is 0 Å². The van der Waals surface area contributed by atoms with Crippen molar-refractivity contribution >= 4 is 11.9 Å². The summed E-state index contributed by atoms with van der Waals surface area (Å²) in [5.41, 5.74) is 6.05. The number of hydrogen-bond acceptors (Lipinski definition) is 2. The van der Waals surface area contributed by atoms with Gasteiger partial charge < -0.3 is 10.2 Å². The molecule has 0 aliphatic rings. The van der Waals surface area contributed by atoms with E-state index in [0.29, 0.717) is 0 Å². The van der Waals surface area contributed by atoms with Gasteiger partial charge in [-0.15, -0.1) is 0 Å². The molecular formula is C24H18IrN2O4+5. The molecule has 7 heteroatoms. The molecule has 0 fully saturated rings. The Morgan fingerprint density at radius 2 is 0.839 bits per heavy atom. The third-order valence-corrected chi connectivity index (χ3v) is 4.85. The van der Waals surface area contributed by atoms with E-state index in [9.17, 15) is 9.59 Å². The molecule has 2 aromatic carbocycles. The largest absolute Gasteiger partial charge is 3.00 e. The molecule has 2 aromatic heterocycles. The number of carboxylic acid groups (broad SMARTS) is 2. The molecule has 0 saturated carbocycles. The number of aromatic amines is 2. The molecule has 0 atom stereocenters. The van der Waals surface area contributed by atoms with Gasteiger partial charge in [-0.3, -0.25) is 0 Å². The van der Waals surface area contributed by atoms with Gasteiger partial charge in [-0.05, 0) is 47.5 Å². The summed E-state index contributed by atoms with van der Waals surface area (Å²) in [6, 6.07) is 21.3. The van der Waals surface area contributed by atoms with Crippen LogP contribution in [0.3, 0.4) is 0 Å². The van der Waals surface area contributed by atoms with Gasteiger partial charge in [-0.25, -0.2) is 19.6 Å². The Bertz CT molecular complexity index is 1110. The summed E-state index contributed by atoms with van der Waals surface area (Å²) in [6.45, 7) is 0. The molecule has 0 amide bonds. The van der Waals surface area contributed by atoms with Crippen LogP contribution in [-0.2, 0) is 20.1 Å². The van der Waals surface area contributed by atoms with E-state index in [2.05, 4.69) is 9.97 Å². The number of carboxylic acids is 2. The minimum Gasteiger partial charge on any atom is -0.478 e. The smallest absolute Gasteiger partial charge is 0.478 e. The minimum absolute atomic E-state index is 0. The molecule has 0 spiro atoms. The number of pyridine rings is 2. The first-order valence-corrected chi connectivity index (χ1v) is 9.22. The third-order valence-electron chi connectivity index (χ3n) is 4.85. The Balaban J connectivity index is 0.00000272. The van der Waals surface area contributed by atoms with Crippen molar-refractivity contribution < 1.29 is 49.9 Å². The summed E-state index contributed by atoms with van der Waals surface area (Å²) < 4.78 is 0. The van der Waals surface area contributed by atoms with Crippen LogP contribution in [0, 0.1) is 0 Å². The zero-order valence-electron chi connectivity index (χ0n) is 16.1. The summed E-state index contributed by atoms with van der Waals surface area (Å²) in [6.07, 6.45) is 3.75. The van der Waals surface area contributed by atoms with Crippen LogP contribution in [0.5, 0.6) is 0 Å². The van der Waals surface area contributed by atoms with E-state index in [4.69, 9.17) is 10.2 Å². The van der Waals surface area contributed by atoms with Crippen LogP contribution in [0.15, 0.2) is 85.2 Å². The number of nitrogens with one attached hydrogen (secondary N) is 2. The molecule has 31 heavy (non-hydrogen) atoms. The van der Waals surface area contributed by atoms with Gasteiger partial charge in [-0.2, -0.15) is 0 Å². The fourth-order valence-electron chi connectivity index (χ4n) is 3.15. The first-order valence-electron chi connectivity index (χ1n) is 9.22. The van der Waals surface area contributed by atoms with Gasteiger partial charge in [0.1, 0.15) is 0 Å². The Hall–Kier alpha value is -3.67. The van der Waals surface area contributed by atoms with Crippen LogP contribution in [-0.4, -0.2) is 22.2 Å². The van der Waals surface area contributed by atoms with Crippen molar-refractivity contribution in [1.82, 2.24) is 0 Å². The van der Waals surface area contributed by atoms with E-state index in [0.717, 1.165) is 33.6 Å². The number of aromatic nitrogens is 2. The van der Waals surface area contributed by atoms with Gasteiger partial charge in [0.25, 0.3) is 11.4 Å². The molecule has 4 aromatic rings. The Morgan fingerprint density at radius 3 is 1.10 bits per heavy atom. The molecule has 152 valence electrons. The van der Waals surface area contributed by atoms with Crippen LogP contribution in [0.25, 0.3) is 33.6 Å². The quantitative estimate of drug-likeness (QED) is 0.370. The van der Waals surface area contributed by atoms with Gasteiger partial charge in [0.2, 0.25) is 0 Å². The SMILES string of the molecule is O=C(O)c1ccc(-c2ccc(-c3ccc(-c4ccc(C(=O)O)cc4)c[nH+]3)[nH+]c2)cc1.[Ir+3]. The van der Waals surface area contributed by atoms with E-state index in [-0.39, 0.29) is 31.2 Å². The van der Waals surface area contributed by atoms with Crippen molar-refractivity contribution in [2.24, 2.45) is 0 Å². The average molecular weight is 591 g/mol. The van der Waals surface area contributed by atoms with Crippen molar-refractivity contribution in [3.05, 3.63) is 96.3 Å². The van der Waals surface area contributed by atoms with Crippen molar-refractivity contribution in [3.8, 4) is 33.6 Å². The molecule has 4 rings (SSSR count). The van der Waals surface area contributed by atoms with Gasteiger partial charge in [0, 0.05) is 23.3 Å². The molecule has 0 aliphatic carbocycles. The van der Waals surface area contributed by atoms with Crippen LogP contribution in [0.1, 0.15) is 20.7 Å². The fourth-order valence-corrected chi connectivity index (χ4v) is 3.15. The number of benzene rings is 2. The fraction of sp³-hybridized carbons (Fsp3) is 0. The maximum Gasteiger partial charge on any atom is 3.00 e. The monoisotopic (exact) mass is 591 g/mol. The van der Waals surface area contributed by atoms with E-state index in [1.54, 1.807) is 48.5 Å². The van der Waals surface area contributed by atoms with E-state index >= 15 is 0 Å². The molecule has 2 heterocycles. The van der Waals surface area contributed by atoms with Crippen LogP contribution >= 0.6 is 0 Å². The molecule has 6 nitrogen and oxygen atoms in total.